The summed E-state index contributed by atoms with van der Waals surface area (Å²) in [5.74, 6) is -1.93. The normalized spacial score (nSPS) is 23.1. The van der Waals surface area contributed by atoms with Crippen molar-refractivity contribution in [1.82, 2.24) is 5.32 Å². The molecule has 2 fully saturated rings. The predicted octanol–water partition coefficient (Wildman–Crippen LogP) is 7.50. The molecule has 1 aromatic carbocycles. The Morgan fingerprint density at radius 3 is 1.58 bits per heavy atom. The van der Waals surface area contributed by atoms with Crippen molar-refractivity contribution in [3.8, 4) is 0 Å². The predicted molar refractivity (Wildman–Crippen MR) is 143 cm³/mol. The molecule has 7 nitrogen and oxygen atoms in total. The van der Waals surface area contributed by atoms with Gasteiger partial charge in [0.1, 0.15) is 0 Å². The molecule has 1 atom stereocenters. The van der Waals surface area contributed by atoms with E-state index in [0.717, 1.165) is 18.4 Å². The van der Waals surface area contributed by atoms with Crippen LogP contribution in [0, 0.1) is 0 Å². The van der Waals surface area contributed by atoms with Crippen LogP contribution in [0.3, 0.4) is 0 Å². The summed E-state index contributed by atoms with van der Waals surface area (Å²) in [4.78, 5) is 25.8. The Bertz CT molecular complexity index is 851. The third kappa shape index (κ3) is 6.48. The zero-order chi connectivity index (χ0) is 26.3. The Morgan fingerprint density at radius 2 is 1.17 bits per heavy atom. The van der Waals surface area contributed by atoms with Crippen LogP contribution in [0.2, 0.25) is 0 Å². The molecule has 2 heterocycles. The van der Waals surface area contributed by atoms with Crippen molar-refractivity contribution in [1.29, 1.82) is 0 Å². The second-order valence-corrected chi connectivity index (χ2v) is 14.1. The summed E-state index contributed by atoms with van der Waals surface area (Å²) in [6, 6.07) is 9.52. The maximum atomic E-state index is 12.9. The van der Waals surface area contributed by atoms with Gasteiger partial charge in [0.2, 0.25) is 0 Å². The zero-order valence-corrected chi connectivity index (χ0v) is 23.7. The van der Waals surface area contributed by atoms with E-state index in [1.807, 2.05) is 30.3 Å². The zero-order valence-electron chi connectivity index (χ0n) is 22.8. The minimum atomic E-state index is -4.71. The van der Waals surface area contributed by atoms with E-state index in [9.17, 15) is 9.59 Å². The topological polar surface area (TPSA) is 83.1 Å². The van der Waals surface area contributed by atoms with Crippen LogP contribution >= 0.6 is 7.51 Å². The number of benzene rings is 1. The number of unbranched alkanes of at least 4 members (excludes halogenated alkanes) is 10. The SMILES string of the molecule is CCCCCCCCCCCCCNC(c1ccccc1)P12(OC(=O)C(C)(C)O1)OC(=O)C(C)(C)O2. The van der Waals surface area contributed by atoms with Gasteiger partial charge in [-0.1, -0.05) is 19.8 Å². The summed E-state index contributed by atoms with van der Waals surface area (Å²) in [5, 5.41) is 3.50. The van der Waals surface area contributed by atoms with Crippen molar-refractivity contribution in [2.45, 2.75) is 122 Å². The van der Waals surface area contributed by atoms with E-state index in [2.05, 4.69) is 12.2 Å². The van der Waals surface area contributed by atoms with E-state index in [-0.39, 0.29) is 0 Å². The van der Waals surface area contributed by atoms with Crippen LogP contribution in [0.5, 0.6) is 0 Å². The fourth-order valence-corrected chi connectivity index (χ4v) is 9.48. The molecule has 0 bridgehead atoms. The number of nitrogens with one attached hydrogen (secondary N) is 1. The van der Waals surface area contributed by atoms with Gasteiger partial charge in [0.15, 0.2) is 0 Å². The van der Waals surface area contributed by atoms with Crippen molar-refractivity contribution in [3.63, 3.8) is 0 Å². The molecule has 0 amide bonds. The van der Waals surface area contributed by atoms with Gasteiger partial charge in [-0.2, -0.15) is 0 Å². The second kappa shape index (κ2) is 11.9. The molecule has 0 aromatic heterocycles. The van der Waals surface area contributed by atoms with Crippen molar-refractivity contribution in [2.24, 2.45) is 0 Å². The van der Waals surface area contributed by atoms with Gasteiger partial charge in [-0.15, -0.1) is 0 Å². The molecule has 2 aliphatic rings. The van der Waals surface area contributed by atoms with Gasteiger partial charge in [0.05, 0.1) is 0 Å². The molecular weight excluding hydrogens is 477 g/mol. The first-order valence-corrected chi connectivity index (χ1v) is 15.7. The van der Waals surface area contributed by atoms with Crippen LogP contribution in [-0.4, -0.2) is 29.7 Å². The molecule has 3 rings (SSSR count). The van der Waals surface area contributed by atoms with Crippen molar-refractivity contribution < 1.29 is 27.7 Å². The average Bonchev–Trinajstić information content (AvgIpc) is 3.14. The Kier molecular flexibility index (Phi) is 9.59. The molecule has 0 aliphatic carbocycles. The van der Waals surface area contributed by atoms with E-state index < -0.39 is 36.4 Å². The summed E-state index contributed by atoms with van der Waals surface area (Å²) in [5.41, 5.74) is -1.82. The quantitative estimate of drug-likeness (QED) is 0.188. The van der Waals surface area contributed by atoms with E-state index in [1.165, 1.54) is 57.8 Å². The molecule has 1 unspecified atom stereocenters. The molecule has 2 saturated heterocycles. The summed E-state index contributed by atoms with van der Waals surface area (Å²) < 4.78 is 24.5. The first-order valence-electron chi connectivity index (χ1n) is 13.8. The molecular formula is C28H46NO6P. The van der Waals surface area contributed by atoms with Crippen molar-refractivity contribution in [3.05, 3.63) is 35.9 Å². The monoisotopic (exact) mass is 523 g/mol. The summed E-state index contributed by atoms with van der Waals surface area (Å²) in [6.45, 7) is 9.37. The Labute approximate surface area is 217 Å². The molecule has 1 N–H and O–H groups in total. The molecule has 0 saturated carbocycles. The van der Waals surface area contributed by atoms with Crippen molar-refractivity contribution >= 4 is 19.4 Å². The molecule has 2 aliphatic heterocycles. The van der Waals surface area contributed by atoms with Crippen LogP contribution in [0.1, 0.15) is 117 Å². The van der Waals surface area contributed by atoms with Gasteiger partial charge in [-0.25, -0.2) is 0 Å². The first-order chi connectivity index (χ1) is 17.0. The van der Waals surface area contributed by atoms with Gasteiger partial charge in [-0.05, 0) is 0 Å². The van der Waals surface area contributed by atoms with Crippen LogP contribution < -0.4 is 5.32 Å². The molecule has 204 valence electrons. The van der Waals surface area contributed by atoms with Crippen LogP contribution in [-0.2, 0) is 27.7 Å². The standard InChI is InChI=1S/C28H46NO6P/c1-6-7-8-9-10-11-12-13-14-15-19-22-29-24(23-20-17-16-18-21-23)36(32-25(30)27(2,3)34-36)33-26(31)28(4,5)35-36/h16-18,20-21,24,29H,6-15,19,22H2,1-5H3. The fraction of sp³-hybridized carbons (Fsp3) is 0.714. The molecule has 1 spiro atoms. The van der Waals surface area contributed by atoms with Crippen molar-refractivity contribution in [2.75, 3.05) is 6.54 Å². The number of hydrogen-bond acceptors (Lipinski definition) is 7. The van der Waals surface area contributed by atoms with Gasteiger partial charge < -0.3 is 0 Å². The Balaban J connectivity index is 1.64. The first kappa shape index (κ1) is 29.0. The van der Waals surface area contributed by atoms with Gasteiger partial charge in [-0.3, -0.25) is 0 Å². The van der Waals surface area contributed by atoms with Gasteiger partial charge in [0.25, 0.3) is 0 Å². The van der Waals surface area contributed by atoms with E-state index >= 15 is 0 Å². The van der Waals surface area contributed by atoms with E-state index in [0.29, 0.717) is 6.54 Å². The minimum absolute atomic E-state index is 0.594. The Morgan fingerprint density at radius 1 is 0.722 bits per heavy atom. The molecule has 0 radical (unpaired) electrons. The molecule has 8 heteroatoms. The third-order valence-corrected chi connectivity index (χ3v) is 10.8. The number of hydrogen-bond donors (Lipinski definition) is 1. The van der Waals surface area contributed by atoms with Crippen LogP contribution in [0.25, 0.3) is 0 Å². The summed E-state index contributed by atoms with van der Waals surface area (Å²) in [7, 11) is -4.71. The van der Waals surface area contributed by atoms with Crippen LogP contribution in [0.4, 0.5) is 0 Å². The number of carbonyl (C=O) groups is 2. The fourth-order valence-electron chi connectivity index (χ4n) is 4.91. The summed E-state index contributed by atoms with van der Waals surface area (Å²) in [6.07, 6.45) is 13.8. The second-order valence-electron chi connectivity index (χ2n) is 11.1. The number of rotatable bonds is 15. The van der Waals surface area contributed by atoms with Crippen LogP contribution in [0.15, 0.2) is 30.3 Å². The molecule has 1 aromatic rings. The number of carbonyl (C=O) groups excluding carboxylic acids is 2. The summed E-state index contributed by atoms with van der Waals surface area (Å²) >= 11 is 0. The third-order valence-electron chi connectivity index (χ3n) is 6.92. The molecule has 36 heavy (non-hydrogen) atoms. The van der Waals surface area contributed by atoms with Gasteiger partial charge in [0, 0.05) is 0 Å². The van der Waals surface area contributed by atoms with E-state index in [1.54, 1.807) is 27.7 Å². The Hall–Kier alpha value is -1.53. The average molecular weight is 524 g/mol. The maximum absolute atomic E-state index is 12.9. The van der Waals surface area contributed by atoms with Gasteiger partial charge >= 0.3 is 197 Å². The van der Waals surface area contributed by atoms with E-state index in [4.69, 9.17) is 18.1 Å².